The maximum absolute atomic E-state index is 13.8. The van der Waals surface area contributed by atoms with E-state index < -0.39 is 0 Å². The molecular formula is C32H38N8O2. The van der Waals surface area contributed by atoms with E-state index in [2.05, 4.69) is 34.7 Å². The Labute approximate surface area is 245 Å². The first-order chi connectivity index (χ1) is 20.4. The fourth-order valence-corrected chi connectivity index (χ4v) is 6.91. The Hall–Kier alpha value is -4.18. The molecule has 10 nitrogen and oxygen atoms in total. The van der Waals surface area contributed by atoms with Crippen molar-refractivity contribution in [2.75, 3.05) is 29.9 Å². The van der Waals surface area contributed by atoms with Crippen LogP contribution in [0.3, 0.4) is 0 Å². The molecule has 0 aromatic carbocycles. The van der Waals surface area contributed by atoms with Crippen LogP contribution in [0, 0.1) is 0 Å². The van der Waals surface area contributed by atoms with E-state index in [0.717, 1.165) is 73.6 Å². The number of carbonyl (C=O) groups is 1. The molecule has 218 valence electrons. The number of likely N-dealkylation sites (N-methyl/N-ethyl adjacent to an activating group) is 1. The molecule has 10 heteroatoms. The average Bonchev–Trinajstić information content (AvgIpc) is 3.60. The van der Waals surface area contributed by atoms with Gasteiger partial charge in [0.05, 0.1) is 12.2 Å². The molecule has 1 N–H and O–H groups in total. The van der Waals surface area contributed by atoms with Crippen LogP contribution >= 0.6 is 0 Å². The zero-order valence-corrected chi connectivity index (χ0v) is 24.7. The van der Waals surface area contributed by atoms with Gasteiger partial charge in [-0.05, 0) is 68.0 Å². The van der Waals surface area contributed by atoms with E-state index in [1.807, 2.05) is 34.0 Å². The van der Waals surface area contributed by atoms with E-state index in [-0.39, 0.29) is 11.5 Å². The summed E-state index contributed by atoms with van der Waals surface area (Å²) in [6.45, 7) is 9.30. The molecule has 0 saturated heterocycles. The average molecular weight is 567 g/mol. The molecule has 0 radical (unpaired) electrons. The smallest absolute Gasteiger partial charge is 0.276 e. The van der Waals surface area contributed by atoms with Crippen LogP contribution in [-0.4, -0.2) is 54.3 Å². The zero-order chi connectivity index (χ0) is 29.0. The fraction of sp³-hybridized carbons (Fsp3) is 0.438. The van der Waals surface area contributed by atoms with Gasteiger partial charge in [-0.2, -0.15) is 5.10 Å². The number of hydrogen-bond donors (Lipinski definition) is 1. The molecule has 4 aromatic rings. The molecule has 6 heterocycles. The van der Waals surface area contributed by atoms with Gasteiger partial charge in [0.15, 0.2) is 5.82 Å². The number of carbonyl (C=O) groups excluding carboxylic acids is 1. The predicted octanol–water partition coefficient (Wildman–Crippen LogP) is 4.13. The lowest BCUT2D eigenvalue weighted by Crippen LogP contribution is -2.41. The minimum absolute atomic E-state index is 0.0169. The van der Waals surface area contributed by atoms with Crippen LogP contribution in [-0.2, 0) is 45.9 Å². The maximum atomic E-state index is 13.8. The van der Waals surface area contributed by atoms with E-state index in [9.17, 15) is 9.59 Å². The number of fused-ring (bicyclic) bond motifs is 4. The number of hydrogen-bond acceptors (Lipinski definition) is 6. The van der Waals surface area contributed by atoms with Crippen molar-refractivity contribution in [3.63, 3.8) is 0 Å². The monoisotopic (exact) mass is 566 g/mol. The number of aryl methyl sites for hydroxylation is 2. The molecule has 0 spiro atoms. The van der Waals surface area contributed by atoms with E-state index >= 15 is 0 Å². The van der Waals surface area contributed by atoms with Crippen LogP contribution in [0.5, 0.6) is 0 Å². The highest BCUT2D eigenvalue weighted by atomic mass is 16.2. The van der Waals surface area contributed by atoms with Gasteiger partial charge in [-0.3, -0.25) is 24.1 Å². The van der Waals surface area contributed by atoms with Crippen molar-refractivity contribution in [1.29, 1.82) is 0 Å². The first kappa shape index (κ1) is 26.7. The van der Waals surface area contributed by atoms with Crippen molar-refractivity contribution >= 4 is 23.2 Å². The lowest BCUT2D eigenvalue weighted by molar-refractivity contribution is 0.0963. The van der Waals surface area contributed by atoms with Gasteiger partial charge < -0.3 is 14.5 Å². The summed E-state index contributed by atoms with van der Waals surface area (Å²) in [5.41, 5.74) is 7.80. The van der Waals surface area contributed by atoms with Crippen molar-refractivity contribution in [3.05, 3.63) is 75.2 Å². The van der Waals surface area contributed by atoms with E-state index in [0.29, 0.717) is 30.3 Å². The van der Waals surface area contributed by atoms with Gasteiger partial charge in [-0.15, -0.1) is 0 Å². The van der Waals surface area contributed by atoms with Gasteiger partial charge in [0.25, 0.3) is 11.5 Å². The molecule has 2 aliphatic heterocycles. The van der Waals surface area contributed by atoms with Gasteiger partial charge in [0.2, 0.25) is 0 Å². The Morgan fingerprint density at radius 2 is 1.86 bits per heavy atom. The Morgan fingerprint density at radius 1 is 1.00 bits per heavy atom. The lowest BCUT2D eigenvalue weighted by Gasteiger charge is -2.31. The second-order valence-electron chi connectivity index (χ2n) is 11.6. The molecule has 3 aliphatic rings. The Balaban J connectivity index is 1.22. The summed E-state index contributed by atoms with van der Waals surface area (Å²) >= 11 is 0. The van der Waals surface area contributed by atoms with Crippen molar-refractivity contribution in [3.8, 4) is 11.1 Å². The van der Waals surface area contributed by atoms with E-state index in [1.54, 1.807) is 17.8 Å². The minimum atomic E-state index is -0.122. The Bertz CT molecular complexity index is 1750. The highest BCUT2D eigenvalue weighted by molar-refractivity contribution is 6.06. The first-order valence-electron chi connectivity index (χ1n) is 15.2. The maximum Gasteiger partial charge on any atom is 0.276 e. The number of anilines is 3. The number of nitrogens with one attached hydrogen (secondary N) is 1. The summed E-state index contributed by atoms with van der Waals surface area (Å²) in [4.78, 5) is 36.0. The number of pyridine rings is 2. The van der Waals surface area contributed by atoms with Crippen LogP contribution in [0.25, 0.3) is 11.1 Å². The number of aromatic nitrogens is 5. The van der Waals surface area contributed by atoms with Crippen LogP contribution in [0.4, 0.5) is 17.3 Å². The number of nitrogens with zero attached hydrogens (tertiary/aromatic N) is 7. The molecule has 42 heavy (non-hydrogen) atoms. The summed E-state index contributed by atoms with van der Waals surface area (Å²) < 4.78 is 5.87. The normalized spacial score (nSPS) is 16.7. The van der Waals surface area contributed by atoms with E-state index in [1.165, 1.54) is 24.1 Å². The fourth-order valence-electron chi connectivity index (χ4n) is 6.91. The van der Waals surface area contributed by atoms with Crippen molar-refractivity contribution in [2.24, 2.45) is 7.05 Å². The summed E-state index contributed by atoms with van der Waals surface area (Å²) in [6.07, 6.45) is 8.82. The van der Waals surface area contributed by atoms with E-state index in [4.69, 9.17) is 10.1 Å². The first-order valence-corrected chi connectivity index (χ1v) is 15.2. The third kappa shape index (κ3) is 4.45. The molecule has 0 fully saturated rings. The highest BCUT2D eigenvalue weighted by Gasteiger charge is 2.32. The van der Waals surface area contributed by atoms with Gasteiger partial charge in [0.1, 0.15) is 17.2 Å². The Morgan fingerprint density at radius 3 is 2.69 bits per heavy atom. The minimum Gasteiger partial charge on any atom is -0.339 e. The van der Waals surface area contributed by atoms with Crippen LogP contribution in [0.2, 0.25) is 0 Å². The van der Waals surface area contributed by atoms with Crippen molar-refractivity contribution < 1.29 is 4.79 Å². The molecule has 4 aromatic heterocycles. The van der Waals surface area contributed by atoms with Crippen LogP contribution in [0.1, 0.15) is 59.7 Å². The zero-order valence-electron chi connectivity index (χ0n) is 24.7. The summed E-state index contributed by atoms with van der Waals surface area (Å²) in [6, 6.07) is 8.02. The number of amides is 1. The van der Waals surface area contributed by atoms with Gasteiger partial charge in [-0.25, -0.2) is 4.98 Å². The predicted molar refractivity (Wildman–Crippen MR) is 164 cm³/mol. The van der Waals surface area contributed by atoms with Crippen molar-refractivity contribution in [1.82, 2.24) is 28.8 Å². The second-order valence-corrected chi connectivity index (χ2v) is 11.6. The third-order valence-corrected chi connectivity index (χ3v) is 9.14. The largest absolute Gasteiger partial charge is 0.339 e. The third-order valence-electron chi connectivity index (χ3n) is 9.14. The molecule has 7 rings (SSSR count). The summed E-state index contributed by atoms with van der Waals surface area (Å²) in [5.74, 6) is 1.40. The number of rotatable bonds is 6. The molecule has 1 amide bonds. The molecule has 1 aliphatic carbocycles. The standard InChI is InChI=1S/C32H38N8O2/c1-4-24-25(10-11-33-30(24)39-14-13-38-27-9-7-6-8-21(27)17-28(38)32(39)42)22-16-26(31(41)36(3)19-22)34-29-18-23-20-37(5-2)12-15-40(23)35-29/h10-11,16-19H,4-9,12-15,20H2,1-3H3,(H,34,35). The SMILES string of the molecule is CCc1c(-c2cc(Nc3cc4n(n3)CCN(CC)C4)c(=O)n(C)c2)ccnc1N1CCn2c(cc3c2CCCC3)C1=O. The Kier molecular flexibility index (Phi) is 6.73. The van der Waals surface area contributed by atoms with Gasteiger partial charge >= 0.3 is 0 Å². The second kappa shape index (κ2) is 10.6. The van der Waals surface area contributed by atoms with Crippen molar-refractivity contribution in [2.45, 2.75) is 65.6 Å². The van der Waals surface area contributed by atoms with Crippen LogP contribution in [0.15, 0.2) is 41.5 Å². The topological polar surface area (TPSA) is 93.2 Å². The van der Waals surface area contributed by atoms with Gasteiger partial charge in [-0.1, -0.05) is 13.8 Å². The quantitative estimate of drug-likeness (QED) is 0.377. The van der Waals surface area contributed by atoms with Gasteiger partial charge in [0, 0.05) is 68.5 Å². The summed E-state index contributed by atoms with van der Waals surface area (Å²) in [5, 5.41) is 8.03. The lowest BCUT2D eigenvalue weighted by atomic mass is 9.98. The molecule has 0 saturated carbocycles. The molecular weight excluding hydrogens is 528 g/mol. The molecule has 0 atom stereocenters. The highest BCUT2D eigenvalue weighted by Crippen LogP contribution is 2.35. The summed E-state index contributed by atoms with van der Waals surface area (Å²) in [7, 11) is 1.77. The molecule has 0 unspecified atom stereocenters. The molecule has 0 bridgehead atoms. The van der Waals surface area contributed by atoms with Crippen LogP contribution < -0.4 is 15.8 Å².